The predicted octanol–water partition coefficient (Wildman–Crippen LogP) is 3.54. The zero-order valence-corrected chi connectivity index (χ0v) is 12.6. The van der Waals surface area contributed by atoms with E-state index in [1.165, 1.54) is 12.1 Å². The highest BCUT2D eigenvalue weighted by atomic mass is 32.1. The molecule has 4 rings (SSSR count). The van der Waals surface area contributed by atoms with Crippen LogP contribution in [0.15, 0.2) is 46.3 Å². The van der Waals surface area contributed by atoms with Gasteiger partial charge in [0.2, 0.25) is 11.7 Å². The van der Waals surface area contributed by atoms with Crippen LogP contribution in [0.25, 0.3) is 10.7 Å². The van der Waals surface area contributed by atoms with Crippen molar-refractivity contribution in [2.24, 2.45) is 0 Å². The summed E-state index contributed by atoms with van der Waals surface area (Å²) in [6, 6.07) is 10.6. The number of halogens is 1. The third-order valence-electron chi connectivity index (χ3n) is 3.81. The molecule has 4 nitrogen and oxygen atoms in total. The fraction of sp³-hybridized carbons (Fsp3) is 0.250. The largest absolute Gasteiger partial charge is 0.339 e. The first-order chi connectivity index (χ1) is 10.8. The smallest absolute Gasteiger partial charge is 0.232 e. The molecule has 0 atom stereocenters. The minimum atomic E-state index is -0.197. The van der Waals surface area contributed by atoms with E-state index in [0.29, 0.717) is 17.6 Å². The minimum Gasteiger partial charge on any atom is -0.339 e. The van der Waals surface area contributed by atoms with Gasteiger partial charge in [-0.1, -0.05) is 23.4 Å². The molecule has 1 aliphatic heterocycles. The molecule has 1 aliphatic rings. The summed E-state index contributed by atoms with van der Waals surface area (Å²) in [6.45, 7) is 2.61. The summed E-state index contributed by atoms with van der Waals surface area (Å²) in [7, 11) is 0. The third-order valence-corrected chi connectivity index (χ3v) is 4.67. The molecule has 2 aromatic heterocycles. The Bertz CT molecular complexity index is 748. The van der Waals surface area contributed by atoms with E-state index in [9.17, 15) is 4.39 Å². The van der Waals surface area contributed by atoms with Crippen LogP contribution in [0.5, 0.6) is 0 Å². The lowest BCUT2D eigenvalue weighted by atomic mass is 9.99. The first kappa shape index (κ1) is 13.6. The molecule has 3 aromatic rings. The van der Waals surface area contributed by atoms with Crippen molar-refractivity contribution in [2.45, 2.75) is 12.5 Å². The van der Waals surface area contributed by atoms with Crippen LogP contribution in [0.4, 0.5) is 4.39 Å². The fourth-order valence-electron chi connectivity index (χ4n) is 2.61. The topological polar surface area (TPSA) is 42.2 Å². The molecule has 0 amide bonds. The Hall–Kier alpha value is -2.05. The highest BCUT2D eigenvalue weighted by Crippen LogP contribution is 2.29. The van der Waals surface area contributed by atoms with Crippen LogP contribution in [-0.4, -0.2) is 28.1 Å². The van der Waals surface area contributed by atoms with E-state index in [1.807, 2.05) is 29.6 Å². The van der Waals surface area contributed by atoms with Gasteiger partial charge in [0.05, 0.1) is 10.8 Å². The average molecular weight is 315 g/mol. The molecular formula is C16H14FN3OS. The summed E-state index contributed by atoms with van der Waals surface area (Å²) in [6.07, 6.45) is 0. The summed E-state index contributed by atoms with van der Waals surface area (Å²) in [4.78, 5) is 7.79. The molecule has 0 spiro atoms. The highest BCUT2D eigenvalue weighted by molar-refractivity contribution is 7.13. The second-order valence-corrected chi connectivity index (χ2v) is 6.40. The van der Waals surface area contributed by atoms with E-state index in [2.05, 4.69) is 15.0 Å². The van der Waals surface area contributed by atoms with Gasteiger partial charge in [-0.2, -0.15) is 4.98 Å². The van der Waals surface area contributed by atoms with Crippen molar-refractivity contribution < 1.29 is 8.91 Å². The normalized spacial score (nSPS) is 15.9. The molecule has 1 saturated heterocycles. The summed E-state index contributed by atoms with van der Waals surface area (Å²) >= 11 is 1.60. The Morgan fingerprint density at radius 3 is 2.77 bits per heavy atom. The van der Waals surface area contributed by atoms with E-state index in [4.69, 9.17) is 4.52 Å². The van der Waals surface area contributed by atoms with Crippen LogP contribution in [0.1, 0.15) is 17.4 Å². The monoisotopic (exact) mass is 315 g/mol. The Morgan fingerprint density at radius 2 is 2.05 bits per heavy atom. The molecule has 0 unspecified atom stereocenters. The molecule has 0 radical (unpaired) electrons. The van der Waals surface area contributed by atoms with E-state index in [-0.39, 0.29) is 5.82 Å². The van der Waals surface area contributed by atoms with Crippen LogP contribution in [-0.2, 0) is 6.54 Å². The molecule has 1 aromatic carbocycles. The van der Waals surface area contributed by atoms with Crippen LogP contribution in [0.3, 0.4) is 0 Å². The van der Waals surface area contributed by atoms with Crippen LogP contribution in [0.2, 0.25) is 0 Å². The van der Waals surface area contributed by atoms with Gasteiger partial charge in [0.15, 0.2) is 0 Å². The van der Waals surface area contributed by atoms with Crippen molar-refractivity contribution in [2.75, 3.05) is 13.1 Å². The quantitative estimate of drug-likeness (QED) is 0.738. The van der Waals surface area contributed by atoms with Gasteiger partial charge >= 0.3 is 0 Å². The maximum Gasteiger partial charge on any atom is 0.232 e. The van der Waals surface area contributed by atoms with Crippen molar-refractivity contribution in [1.29, 1.82) is 0 Å². The maximum atomic E-state index is 12.9. The van der Waals surface area contributed by atoms with Crippen molar-refractivity contribution >= 4 is 11.3 Å². The zero-order chi connectivity index (χ0) is 14.9. The summed E-state index contributed by atoms with van der Waals surface area (Å²) < 4.78 is 18.3. The van der Waals surface area contributed by atoms with Crippen molar-refractivity contribution in [3.8, 4) is 10.7 Å². The number of benzene rings is 1. The second kappa shape index (κ2) is 5.62. The lowest BCUT2D eigenvalue weighted by Gasteiger charge is -2.37. The van der Waals surface area contributed by atoms with Crippen LogP contribution >= 0.6 is 11.3 Å². The summed E-state index contributed by atoms with van der Waals surface area (Å²) in [5.74, 6) is 1.47. The Morgan fingerprint density at radius 1 is 1.23 bits per heavy atom. The highest BCUT2D eigenvalue weighted by Gasteiger charge is 2.32. The van der Waals surface area contributed by atoms with E-state index in [0.717, 1.165) is 30.1 Å². The minimum absolute atomic E-state index is 0.197. The average Bonchev–Trinajstić information content (AvgIpc) is 3.15. The van der Waals surface area contributed by atoms with Gasteiger partial charge in [-0.3, -0.25) is 4.90 Å². The molecule has 0 bridgehead atoms. The van der Waals surface area contributed by atoms with Gasteiger partial charge in [-0.25, -0.2) is 4.39 Å². The van der Waals surface area contributed by atoms with Gasteiger partial charge in [-0.05, 0) is 29.1 Å². The van der Waals surface area contributed by atoms with Gasteiger partial charge in [-0.15, -0.1) is 11.3 Å². The number of likely N-dealkylation sites (tertiary alicyclic amines) is 1. The number of hydrogen-bond donors (Lipinski definition) is 0. The second-order valence-electron chi connectivity index (χ2n) is 5.45. The van der Waals surface area contributed by atoms with Crippen LogP contribution in [0, 0.1) is 5.82 Å². The van der Waals surface area contributed by atoms with Gasteiger partial charge in [0.1, 0.15) is 5.82 Å². The van der Waals surface area contributed by atoms with E-state index < -0.39 is 0 Å². The summed E-state index contributed by atoms with van der Waals surface area (Å²) in [5.41, 5.74) is 1.12. The van der Waals surface area contributed by atoms with Crippen LogP contribution < -0.4 is 0 Å². The third kappa shape index (κ3) is 2.67. The standard InChI is InChI=1S/C16H14FN3OS/c17-13-5-3-11(4-6-13)8-20-9-12(10-20)16-18-15(19-21-16)14-2-1-7-22-14/h1-7,12H,8-10H2. The number of thiophene rings is 1. The SMILES string of the molecule is Fc1ccc(CN2CC(c3nc(-c4cccs4)no3)C2)cc1. The van der Waals surface area contributed by atoms with Crippen molar-refractivity contribution in [3.63, 3.8) is 0 Å². The molecule has 0 N–H and O–H groups in total. The number of rotatable bonds is 4. The molecule has 0 saturated carbocycles. The Labute approximate surface area is 131 Å². The lowest BCUT2D eigenvalue weighted by Crippen LogP contribution is -2.44. The fourth-order valence-corrected chi connectivity index (χ4v) is 3.26. The Balaban J connectivity index is 1.36. The van der Waals surface area contributed by atoms with Crippen molar-refractivity contribution in [3.05, 3.63) is 59.0 Å². The first-order valence-corrected chi connectivity index (χ1v) is 8.00. The lowest BCUT2D eigenvalue weighted by molar-refractivity contribution is 0.117. The maximum absolute atomic E-state index is 12.9. The molecule has 0 aliphatic carbocycles. The zero-order valence-electron chi connectivity index (χ0n) is 11.8. The number of aromatic nitrogens is 2. The van der Waals surface area contributed by atoms with E-state index in [1.54, 1.807) is 11.3 Å². The van der Waals surface area contributed by atoms with Gasteiger partial charge < -0.3 is 4.52 Å². The molecule has 1 fully saturated rings. The van der Waals surface area contributed by atoms with Gasteiger partial charge in [0.25, 0.3) is 0 Å². The number of nitrogens with zero attached hydrogens (tertiary/aromatic N) is 3. The molecular weight excluding hydrogens is 301 g/mol. The predicted molar refractivity (Wildman–Crippen MR) is 82.0 cm³/mol. The number of hydrogen-bond acceptors (Lipinski definition) is 5. The van der Waals surface area contributed by atoms with Gasteiger partial charge in [0, 0.05) is 19.6 Å². The molecule has 3 heterocycles. The molecule has 22 heavy (non-hydrogen) atoms. The Kier molecular flexibility index (Phi) is 3.48. The summed E-state index contributed by atoms with van der Waals surface area (Å²) in [5, 5.41) is 6.04. The first-order valence-electron chi connectivity index (χ1n) is 7.12. The molecule has 6 heteroatoms. The van der Waals surface area contributed by atoms with E-state index >= 15 is 0 Å². The molecule has 112 valence electrons. The van der Waals surface area contributed by atoms with Crippen molar-refractivity contribution in [1.82, 2.24) is 15.0 Å².